The van der Waals surface area contributed by atoms with Gasteiger partial charge in [-0.1, -0.05) is 58.1 Å². The van der Waals surface area contributed by atoms with Gasteiger partial charge in [-0.25, -0.2) is 0 Å². The number of carbonyl (C=O) groups is 1. The van der Waals surface area contributed by atoms with Crippen LogP contribution in [0.15, 0.2) is 11.3 Å². The topological polar surface area (TPSA) is 17.1 Å². The second kappa shape index (κ2) is 3.44. The highest BCUT2D eigenvalue weighted by Gasteiger charge is 2.72. The van der Waals surface area contributed by atoms with Gasteiger partial charge in [0, 0.05) is 17.8 Å². The van der Waals surface area contributed by atoms with Crippen molar-refractivity contribution in [3.63, 3.8) is 0 Å². The molecule has 1 spiro atoms. The van der Waals surface area contributed by atoms with Crippen molar-refractivity contribution in [2.75, 3.05) is 0 Å². The molecule has 0 radical (unpaired) electrons. The van der Waals surface area contributed by atoms with Crippen LogP contribution in [0.2, 0.25) is 19.6 Å². The summed E-state index contributed by atoms with van der Waals surface area (Å²) in [6.45, 7) is 14.4. The van der Waals surface area contributed by atoms with Gasteiger partial charge in [-0.05, 0) is 23.7 Å². The van der Waals surface area contributed by atoms with Gasteiger partial charge in [0.1, 0.15) is 5.78 Å². The number of Topliss-reactive ketones (excluding diaryl/α,β-unsaturated/α-hetero) is 1. The largest absolute Gasteiger partial charge is 0.299 e. The molecule has 3 aliphatic rings. The first kappa shape index (κ1) is 13.6. The molecular weight excluding hydrogens is 248 g/mol. The lowest BCUT2D eigenvalue weighted by Gasteiger charge is -2.64. The molecule has 2 heteroatoms. The fourth-order valence-electron chi connectivity index (χ4n) is 5.62. The summed E-state index contributed by atoms with van der Waals surface area (Å²) in [4.78, 5) is 12.7. The summed E-state index contributed by atoms with van der Waals surface area (Å²) in [5.41, 5.74) is 0.713. The van der Waals surface area contributed by atoms with Crippen molar-refractivity contribution in [1.82, 2.24) is 0 Å². The zero-order chi connectivity index (χ0) is 14.3. The lowest BCUT2D eigenvalue weighted by atomic mass is 9.42. The Morgan fingerprint density at radius 3 is 2.37 bits per heavy atom. The van der Waals surface area contributed by atoms with E-state index in [0.717, 1.165) is 6.42 Å². The maximum absolute atomic E-state index is 12.7. The van der Waals surface area contributed by atoms with Gasteiger partial charge in [0.2, 0.25) is 0 Å². The standard InChI is InChI=1S/C17H28OSi/c1-15(2)8-7-9-16(3)10-12(18)14-13(19(4,5)6)11-17(14,15)16/h11,14H,7-10H2,1-6H3/t14?,16-,17?/m1/s1. The number of ketones is 1. The third-order valence-electron chi connectivity index (χ3n) is 6.55. The quantitative estimate of drug-likeness (QED) is 0.640. The van der Waals surface area contributed by atoms with Gasteiger partial charge in [-0.15, -0.1) is 0 Å². The second-order valence-electron chi connectivity index (χ2n) is 9.09. The normalized spacial score (nSPS) is 44.2. The summed E-state index contributed by atoms with van der Waals surface area (Å²) in [5.74, 6) is 0.830. The van der Waals surface area contributed by atoms with E-state index in [1.165, 1.54) is 19.3 Å². The first-order valence-electron chi connectivity index (χ1n) is 7.81. The third-order valence-corrected chi connectivity index (χ3v) is 8.72. The summed E-state index contributed by atoms with van der Waals surface area (Å²) in [7, 11) is -1.34. The van der Waals surface area contributed by atoms with E-state index in [4.69, 9.17) is 0 Å². The van der Waals surface area contributed by atoms with Crippen LogP contribution in [-0.2, 0) is 4.79 Å². The van der Waals surface area contributed by atoms with Gasteiger partial charge in [-0.2, -0.15) is 0 Å². The molecule has 0 N–H and O–H groups in total. The molecule has 106 valence electrons. The third kappa shape index (κ3) is 1.39. The maximum Gasteiger partial charge on any atom is 0.141 e. The Hall–Kier alpha value is -0.373. The fraction of sp³-hybridized carbons (Fsp3) is 0.824. The van der Waals surface area contributed by atoms with E-state index in [2.05, 4.69) is 46.5 Å². The Bertz CT molecular complexity index is 482. The molecule has 19 heavy (non-hydrogen) atoms. The lowest BCUT2D eigenvalue weighted by molar-refractivity contribution is -0.123. The van der Waals surface area contributed by atoms with E-state index in [1.807, 2.05) is 0 Å². The zero-order valence-electron chi connectivity index (χ0n) is 13.4. The molecule has 3 aliphatic carbocycles. The minimum atomic E-state index is -1.34. The lowest BCUT2D eigenvalue weighted by Crippen LogP contribution is -2.60. The molecule has 0 bridgehead atoms. The van der Waals surface area contributed by atoms with Gasteiger partial charge >= 0.3 is 0 Å². The van der Waals surface area contributed by atoms with E-state index in [-0.39, 0.29) is 16.7 Å². The summed E-state index contributed by atoms with van der Waals surface area (Å²) < 4.78 is 0. The minimum absolute atomic E-state index is 0.185. The van der Waals surface area contributed by atoms with Crippen molar-refractivity contribution in [2.45, 2.75) is 66.1 Å². The number of hydrogen-bond donors (Lipinski definition) is 0. The maximum atomic E-state index is 12.7. The molecule has 0 amide bonds. The van der Waals surface area contributed by atoms with Crippen molar-refractivity contribution in [3.05, 3.63) is 11.3 Å². The molecule has 2 unspecified atom stereocenters. The molecule has 1 nitrogen and oxygen atoms in total. The Morgan fingerprint density at radius 1 is 1.16 bits per heavy atom. The second-order valence-corrected chi connectivity index (χ2v) is 14.2. The molecule has 3 atom stereocenters. The molecule has 2 fully saturated rings. The molecule has 0 saturated heterocycles. The number of rotatable bonds is 1. The van der Waals surface area contributed by atoms with Crippen LogP contribution < -0.4 is 0 Å². The van der Waals surface area contributed by atoms with E-state index in [1.54, 1.807) is 5.20 Å². The molecule has 2 saturated carbocycles. The summed E-state index contributed by atoms with van der Waals surface area (Å²) in [6.07, 6.45) is 7.23. The molecule has 0 aromatic carbocycles. The number of hydrogen-bond acceptors (Lipinski definition) is 1. The number of allylic oxidation sites excluding steroid dienone is 2. The first-order valence-corrected chi connectivity index (χ1v) is 11.3. The fourth-order valence-corrected chi connectivity index (χ4v) is 7.53. The molecule has 0 aromatic rings. The van der Waals surface area contributed by atoms with Crippen molar-refractivity contribution in [3.8, 4) is 0 Å². The smallest absolute Gasteiger partial charge is 0.141 e. The predicted octanol–water partition coefficient (Wildman–Crippen LogP) is 4.60. The van der Waals surface area contributed by atoms with Crippen molar-refractivity contribution in [2.24, 2.45) is 22.2 Å². The van der Waals surface area contributed by atoms with E-state index < -0.39 is 8.07 Å². The first-order chi connectivity index (χ1) is 8.55. The van der Waals surface area contributed by atoms with Crippen LogP contribution >= 0.6 is 0 Å². The molecule has 3 rings (SSSR count). The van der Waals surface area contributed by atoms with Crippen LogP contribution in [0.4, 0.5) is 0 Å². The Morgan fingerprint density at radius 2 is 1.79 bits per heavy atom. The SMILES string of the molecule is CC1(C)CCC[C@]2(C)CC(=O)C3C([Si](C)(C)C)=CC312. The Balaban J connectivity index is 2.18. The van der Waals surface area contributed by atoms with Crippen molar-refractivity contribution < 1.29 is 4.79 Å². The highest BCUT2D eigenvalue weighted by molar-refractivity contribution is 6.83. The van der Waals surface area contributed by atoms with Crippen LogP contribution in [-0.4, -0.2) is 13.9 Å². The monoisotopic (exact) mass is 276 g/mol. The molecule has 0 aliphatic heterocycles. The number of carbonyl (C=O) groups excluding carboxylic acids is 1. The van der Waals surface area contributed by atoms with E-state index >= 15 is 0 Å². The average Bonchev–Trinajstić information content (AvgIpc) is 2.25. The summed E-state index contributed by atoms with van der Waals surface area (Å²) >= 11 is 0. The van der Waals surface area contributed by atoms with Crippen LogP contribution in [0.5, 0.6) is 0 Å². The highest BCUT2D eigenvalue weighted by Crippen LogP contribution is 2.75. The van der Waals surface area contributed by atoms with Gasteiger partial charge in [0.15, 0.2) is 0 Å². The van der Waals surface area contributed by atoms with Crippen LogP contribution in [0.25, 0.3) is 0 Å². The van der Waals surface area contributed by atoms with Gasteiger partial charge < -0.3 is 0 Å². The summed E-state index contributed by atoms with van der Waals surface area (Å²) in [5, 5.41) is 1.55. The highest BCUT2D eigenvalue weighted by atomic mass is 28.3. The summed E-state index contributed by atoms with van der Waals surface area (Å²) in [6, 6.07) is 0. The minimum Gasteiger partial charge on any atom is -0.299 e. The van der Waals surface area contributed by atoms with Crippen LogP contribution in [0, 0.1) is 22.2 Å². The van der Waals surface area contributed by atoms with Crippen molar-refractivity contribution in [1.29, 1.82) is 0 Å². The Labute approximate surface area is 118 Å². The van der Waals surface area contributed by atoms with Crippen molar-refractivity contribution >= 4 is 13.9 Å². The average molecular weight is 276 g/mol. The van der Waals surface area contributed by atoms with Crippen LogP contribution in [0.1, 0.15) is 46.5 Å². The molecule has 0 heterocycles. The van der Waals surface area contributed by atoms with Gasteiger partial charge in [0.05, 0.1) is 8.07 Å². The predicted molar refractivity (Wildman–Crippen MR) is 82.7 cm³/mol. The van der Waals surface area contributed by atoms with E-state index in [9.17, 15) is 4.79 Å². The van der Waals surface area contributed by atoms with Gasteiger partial charge in [-0.3, -0.25) is 4.79 Å². The van der Waals surface area contributed by atoms with Gasteiger partial charge in [0.25, 0.3) is 0 Å². The van der Waals surface area contributed by atoms with Crippen LogP contribution in [0.3, 0.4) is 0 Å². The van der Waals surface area contributed by atoms with E-state index in [0.29, 0.717) is 11.2 Å². The zero-order valence-corrected chi connectivity index (χ0v) is 14.4. The molecular formula is C17H28OSi. The Kier molecular flexibility index (Phi) is 2.46. The molecule has 0 aromatic heterocycles.